The summed E-state index contributed by atoms with van der Waals surface area (Å²) >= 11 is 0. The molecule has 2 amide bonds. The van der Waals surface area contributed by atoms with Gasteiger partial charge in [0.25, 0.3) is 0 Å². The van der Waals surface area contributed by atoms with Crippen molar-refractivity contribution in [2.45, 2.75) is 72.1 Å². The highest BCUT2D eigenvalue weighted by molar-refractivity contribution is 5.82. The first kappa shape index (κ1) is 20.6. The van der Waals surface area contributed by atoms with E-state index in [0.717, 1.165) is 19.3 Å². The quantitative estimate of drug-likeness (QED) is 0.766. The number of carbonyl (C=O) groups is 2. The van der Waals surface area contributed by atoms with Gasteiger partial charge in [-0.3, -0.25) is 9.59 Å². The van der Waals surface area contributed by atoms with Gasteiger partial charge in [0, 0.05) is 31.7 Å². The molecule has 3 fully saturated rings. The van der Waals surface area contributed by atoms with Crippen LogP contribution >= 0.6 is 0 Å². The fourth-order valence-corrected chi connectivity index (χ4v) is 5.26. The molecule has 154 valence electrons. The predicted octanol–water partition coefficient (Wildman–Crippen LogP) is 2.12. The van der Waals surface area contributed by atoms with Crippen LogP contribution in [0.4, 0.5) is 0 Å². The van der Waals surface area contributed by atoms with Crippen LogP contribution in [0.15, 0.2) is 0 Å². The maximum Gasteiger partial charge on any atom is 0.249 e. The summed E-state index contributed by atoms with van der Waals surface area (Å²) in [4.78, 5) is 25.3. The lowest BCUT2D eigenvalue weighted by Gasteiger charge is -2.32. The summed E-state index contributed by atoms with van der Waals surface area (Å²) in [6.07, 6.45) is 2.21. The highest BCUT2D eigenvalue weighted by atomic mass is 16.5. The number of amides is 2. The van der Waals surface area contributed by atoms with Gasteiger partial charge in [0.15, 0.2) is 0 Å². The van der Waals surface area contributed by atoms with Crippen LogP contribution < -0.4 is 10.6 Å². The maximum atomic E-state index is 12.8. The Morgan fingerprint density at radius 2 is 1.48 bits per heavy atom. The Bertz CT molecular complexity index is 564. The van der Waals surface area contributed by atoms with E-state index in [9.17, 15) is 9.59 Å². The largest absolute Gasteiger partial charge is 0.368 e. The zero-order chi connectivity index (χ0) is 19.8. The number of nitrogens with one attached hydrogen (secondary N) is 2. The van der Waals surface area contributed by atoms with Gasteiger partial charge in [-0.2, -0.15) is 0 Å². The summed E-state index contributed by atoms with van der Waals surface area (Å²) in [7, 11) is 0. The smallest absolute Gasteiger partial charge is 0.249 e. The monoisotopic (exact) mass is 380 g/mol. The van der Waals surface area contributed by atoms with Gasteiger partial charge in [0.1, 0.15) is 12.2 Å². The summed E-state index contributed by atoms with van der Waals surface area (Å²) in [5, 5.41) is 6.37. The highest BCUT2D eigenvalue weighted by Gasteiger charge is 2.48. The van der Waals surface area contributed by atoms with Crippen molar-refractivity contribution >= 4 is 11.8 Å². The molecule has 2 aliphatic heterocycles. The number of carbonyl (C=O) groups excluding carboxylic acids is 2. The van der Waals surface area contributed by atoms with Crippen molar-refractivity contribution < 1.29 is 19.1 Å². The van der Waals surface area contributed by atoms with Gasteiger partial charge in [-0.1, -0.05) is 34.6 Å². The van der Waals surface area contributed by atoms with E-state index in [0.29, 0.717) is 25.7 Å². The van der Waals surface area contributed by atoms with Crippen LogP contribution in [-0.4, -0.2) is 49.8 Å². The lowest BCUT2D eigenvalue weighted by molar-refractivity contribution is -0.133. The second kappa shape index (κ2) is 8.08. The Kier molecular flexibility index (Phi) is 6.16. The molecule has 3 aliphatic rings. The second-order valence-electron chi connectivity index (χ2n) is 9.67. The number of hydrogen-bond donors (Lipinski definition) is 2. The van der Waals surface area contributed by atoms with Gasteiger partial charge in [0.2, 0.25) is 11.8 Å². The van der Waals surface area contributed by atoms with Crippen molar-refractivity contribution in [2.24, 2.45) is 29.1 Å². The van der Waals surface area contributed by atoms with Crippen LogP contribution in [0, 0.1) is 29.1 Å². The fourth-order valence-electron chi connectivity index (χ4n) is 5.26. The summed E-state index contributed by atoms with van der Waals surface area (Å²) in [6, 6.07) is 0.0473. The fraction of sp³-hybridized carbons (Fsp3) is 0.905. The summed E-state index contributed by atoms with van der Waals surface area (Å²) in [5.41, 5.74) is 0.0505. The molecule has 0 aromatic carbocycles. The summed E-state index contributed by atoms with van der Waals surface area (Å²) in [6.45, 7) is 12.7. The SMILES string of the molecule is CC1CC(C)(C)C(CNC(=O)[C@H]2OCC[C@H]2C)C1NC(=O)[C@@H]1OCC[C@@H]1C. The zero-order valence-corrected chi connectivity index (χ0v) is 17.4. The van der Waals surface area contributed by atoms with Crippen molar-refractivity contribution in [2.75, 3.05) is 19.8 Å². The summed E-state index contributed by atoms with van der Waals surface area (Å²) < 4.78 is 11.2. The molecule has 0 bridgehead atoms. The first-order valence-electron chi connectivity index (χ1n) is 10.5. The minimum absolute atomic E-state index is 0.00127. The lowest BCUT2D eigenvalue weighted by Crippen LogP contribution is -2.51. The maximum absolute atomic E-state index is 12.8. The number of hydrogen-bond acceptors (Lipinski definition) is 4. The van der Waals surface area contributed by atoms with E-state index in [1.165, 1.54) is 0 Å². The normalized spacial score (nSPS) is 40.9. The molecule has 2 N–H and O–H groups in total. The van der Waals surface area contributed by atoms with E-state index in [1.807, 2.05) is 0 Å². The van der Waals surface area contributed by atoms with Crippen molar-refractivity contribution in [1.82, 2.24) is 10.6 Å². The third-order valence-electron chi connectivity index (χ3n) is 7.00. The Hall–Kier alpha value is -1.14. The van der Waals surface area contributed by atoms with E-state index >= 15 is 0 Å². The van der Waals surface area contributed by atoms with Gasteiger partial charge in [-0.15, -0.1) is 0 Å². The second-order valence-corrected chi connectivity index (χ2v) is 9.67. The van der Waals surface area contributed by atoms with Crippen LogP contribution in [-0.2, 0) is 19.1 Å². The number of rotatable bonds is 5. The molecule has 27 heavy (non-hydrogen) atoms. The van der Waals surface area contributed by atoms with Crippen LogP contribution in [0.5, 0.6) is 0 Å². The first-order chi connectivity index (χ1) is 12.7. The van der Waals surface area contributed by atoms with Crippen molar-refractivity contribution in [3.63, 3.8) is 0 Å². The average molecular weight is 381 g/mol. The van der Waals surface area contributed by atoms with Gasteiger partial charge < -0.3 is 20.1 Å². The van der Waals surface area contributed by atoms with Gasteiger partial charge in [-0.05, 0) is 42.4 Å². The van der Waals surface area contributed by atoms with E-state index in [1.54, 1.807) is 0 Å². The Morgan fingerprint density at radius 3 is 2.00 bits per heavy atom. The standard InChI is InChI=1S/C21H36N2O4/c1-12-6-8-26-17(12)19(24)22-11-15-16(14(3)10-21(15,4)5)23-20(25)18-13(2)7-9-27-18/h12-18H,6-11H2,1-5H3,(H,22,24)(H,23,25)/t12-,13+,14?,15?,16?,17+,18-/m1/s1. The minimum atomic E-state index is -0.344. The van der Waals surface area contributed by atoms with E-state index in [-0.39, 0.29) is 53.2 Å². The van der Waals surface area contributed by atoms with E-state index in [4.69, 9.17) is 9.47 Å². The third kappa shape index (κ3) is 4.32. The van der Waals surface area contributed by atoms with Crippen molar-refractivity contribution in [3.8, 4) is 0 Å². The molecule has 0 spiro atoms. The topological polar surface area (TPSA) is 76.7 Å². The molecule has 6 nitrogen and oxygen atoms in total. The zero-order valence-electron chi connectivity index (χ0n) is 17.4. The molecule has 2 heterocycles. The van der Waals surface area contributed by atoms with Crippen molar-refractivity contribution in [3.05, 3.63) is 0 Å². The lowest BCUT2D eigenvalue weighted by atomic mass is 9.80. The molecular weight excluding hydrogens is 344 g/mol. The Morgan fingerprint density at radius 1 is 0.926 bits per heavy atom. The molecule has 0 aromatic heterocycles. The molecule has 1 saturated carbocycles. The van der Waals surface area contributed by atoms with Crippen LogP contribution in [0.3, 0.4) is 0 Å². The van der Waals surface area contributed by atoms with E-state index in [2.05, 4.69) is 45.3 Å². The third-order valence-corrected chi connectivity index (χ3v) is 7.00. The predicted molar refractivity (Wildman–Crippen MR) is 103 cm³/mol. The average Bonchev–Trinajstić information content (AvgIpc) is 3.25. The molecule has 6 heteroatoms. The minimum Gasteiger partial charge on any atom is -0.368 e. The van der Waals surface area contributed by atoms with Crippen LogP contribution in [0.2, 0.25) is 0 Å². The first-order valence-corrected chi connectivity index (χ1v) is 10.5. The highest BCUT2D eigenvalue weighted by Crippen LogP contribution is 2.46. The van der Waals surface area contributed by atoms with Gasteiger partial charge >= 0.3 is 0 Å². The van der Waals surface area contributed by atoms with E-state index < -0.39 is 0 Å². The molecule has 7 atom stereocenters. The number of ether oxygens (including phenoxy) is 2. The molecule has 2 saturated heterocycles. The van der Waals surface area contributed by atoms with Gasteiger partial charge in [-0.25, -0.2) is 0 Å². The molecule has 1 aliphatic carbocycles. The molecule has 3 rings (SSSR count). The van der Waals surface area contributed by atoms with Gasteiger partial charge in [0.05, 0.1) is 0 Å². The molecule has 3 unspecified atom stereocenters. The Balaban J connectivity index is 1.63. The molecular formula is C21H36N2O4. The summed E-state index contributed by atoms with van der Waals surface area (Å²) in [5.74, 6) is 1.05. The van der Waals surface area contributed by atoms with Crippen LogP contribution in [0.1, 0.15) is 53.9 Å². The Labute approximate surface area is 163 Å². The van der Waals surface area contributed by atoms with Crippen molar-refractivity contribution in [1.29, 1.82) is 0 Å². The molecule has 0 radical (unpaired) electrons. The van der Waals surface area contributed by atoms with Crippen LogP contribution in [0.25, 0.3) is 0 Å². The molecule has 0 aromatic rings.